The average Bonchev–Trinajstić information content (AvgIpc) is 3.49. The second-order valence-electron chi connectivity index (χ2n) is 10.4. The third-order valence-electron chi connectivity index (χ3n) is 7.93. The molecule has 37 heavy (non-hydrogen) atoms. The fourth-order valence-corrected chi connectivity index (χ4v) is 5.89. The number of fused-ring (bicyclic) bond motifs is 3. The Hall–Kier alpha value is -3.01. The van der Waals surface area contributed by atoms with Crippen LogP contribution < -0.4 is 10.1 Å². The molecule has 0 aliphatic carbocycles. The molecule has 1 unspecified atom stereocenters. The van der Waals surface area contributed by atoms with Gasteiger partial charge in [0.25, 0.3) is 0 Å². The molecule has 2 saturated heterocycles. The molecular weight excluding hydrogens is 472 g/mol. The van der Waals surface area contributed by atoms with Gasteiger partial charge in [-0.3, -0.25) is 4.79 Å². The van der Waals surface area contributed by atoms with Crippen LogP contribution in [-0.2, 0) is 38.1 Å². The van der Waals surface area contributed by atoms with Crippen molar-refractivity contribution < 1.29 is 23.7 Å². The second kappa shape index (κ2) is 9.70. The Morgan fingerprint density at radius 2 is 2.05 bits per heavy atom. The first-order valence-electron chi connectivity index (χ1n) is 13.2. The van der Waals surface area contributed by atoms with E-state index < -0.39 is 5.60 Å². The zero-order valence-corrected chi connectivity index (χ0v) is 21.7. The standard InChI is InChI=1S/C28H34N4O5/c1-17(19-4-8-34-9-5-19)37-25-13-23(31-27-20(25)6-10-36-28(27)7-11-35-16-28)22-15-32(3)24-14-29-26(12-21(22)24)30-18(2)33/h12-15,17,19H,4-11,16H2,1-3H3,(H,29,30,33)/t17-,28?/m0/s1. The van der Waals surface area contributed by atoms with E-state index >= 15 is 0 Å². The number of anilines is 1. The summed E-state index contributed by atoms with van der Waals surface area (Å²) in [6, 6.07) is 3.99. The van der Waals surface area contributed by atoms with Crippen LogP contribution >= 0.6 is 0 Å². The predicted molar refractivity (Wildman–Crippen MR) is 139 cm³/mol. The number of nitrogens with one attached hydrogen (secondary N) is 1. The van der Waals surface area contributed by atoms with Crippen molar-refractivity contribution in [1.82, 2.24) is 14.5 Å². The molecule has 196 valence electrons. The number of carbonyl (C=O) groups excluding carboxylic acids is 1. The summed E-state index contributed by atoms with van der Waals surface area (Å²) in [6.07, 6.45) is 7.44. The van der Waals surface area contributed by atoms with Gasteiger partial charge in [0.05, 0.1) is 42.4 Å². The van der Waals surface area contributed by atoms with Gasteiger partial charge in [0.1, 0.15) is 17.2 Å². The van der Waals surface area contributed by atoms with Crippen LogP contribution in [0.1, 0.15) is 44.4 Å². The minimum atomic E-state index is -0.545. The molecule has 0 radical (unpaired) electrons. The number of amides is 1. The highest BCUT2D eigenvalue weighted by molar-refractivity contribution is 5.98. The lowest BCUT2D eigenvalue weighted by atomic mass is 9.88. The Labute approximate surface area is 216 Å². The number of nitrogens with zero attached hydrogens (tertiary/aromatic N) is 3. The first-order valence-corrected chi connectivity index (χ1v) is 13.2. The topological polar surface area (TPSA) is 96.7 Å². The highest BCUT2D eigenvalue weighted by Crippen LogP contribution is 2.44. The number of rotatable bonds is 5. The average molecular weight is 507 g/mol. The van der Waals surface area contributed by atoms with Crippen LogP contribution in [0.25, 0.3) is 22.2 Å². The van der Waals surface area contributed by atoms with Crippen LogP contribution in [0, 0.1) is 5.92 Å². The molecule has 2 atom stereocenters. The van der Waals surface area contributed by atoms with Gasteiger partial charge in [0.15, 0.2) is 0 Å². The molecule has 9 nitrogen and oxygen atoms in total. The van der Waals surface area contributed by atoms with Crippen molar-refractivity contribution in [2.24, 2.45) is 13.0 Å². The molecule has 1 spiro atoms. The highest BCUT2D eigenvalue weighted by Gasteiger charge is 2.44. The summed E-state index contributed by atoms with van der Waals surface area (Å²) < 4.78 is 26.5. The zero-order chi connectivity index (χ0) is 25.6. The Morgan fingerprint density at radius 1 is 1.22 bits per heavy atom. The monoisotopic (exact) mass is 506 g/mol. The van der Waals surface area contributed by atoms with E-state index in [1.54, 1.807) is 6.20 Å². The number of carbonyl (C=O) groups is 1. The van der Waals surface area contributed by atoms with Crippen molar-refractivity contribution in [3.8, 4) is 17.0 Å². The minimum Gasteiger partial charge on any atom is -0.490 e. The van der Waals surface area contributed by atoms with Crippen LogP contribution in [0.3, 0.4) is 0 Å². The number of aryl methyl sites for hydroxylation is 1. The normalized spacial score (nSPS) is 22.8. The van der Waals surface area contributed by atoms with E-state index in [1.165, 1.54) is 6.92 Å². The van der Waals surface area contributed by atoms with Crippen molar-refractivity contribution in [3.63, 3.8) is 0 Å². The Balaban J connectivity index is 1.48. The van der Waals surface area contributed by atoms with Gasteiger partial charge < -0.3 is 28.8 Å². The quantitative estimate of drug-likeness (QED) is 0.559. The van der Waals surface area contributed by atoms with Crippen molar-refractivity contribution in [2.75, 3.05) is 38.4 Å². The van der Waals surface area contributed by atoms with Crippen LogP contribution in [-0.4, -0.2) is 59.6 Å². The van der Waals surface area contributed by atoms with Gasteiger partial charge in [0, 0.05) is 75.4 Å². The van der Waals surface area contributed by atoms with Gasteiger partial charge in [-0.15, -0.1) is 0 Å². The van der Waals surface area contributed by atoms with E-state index in [1.807, 2.05) is 17.7 Å². The van der Waals surface area contributed by atoms with E-state index in [0.717, 1.165) is 78.1 Å². The van der Waals surface area contributed by atoms with Crippen LogP contribution in [0.15, 0.2) is 24.5 Å². The Bertz CT molecular complexity index is 1320. The number of hydrogen-bond acceptors (Lipinski definition) is 7. The van der Waals surface area contributed by atoms with Crippen molar-refractivity contribution >= 4 is 22.6 Å². The molecule has 2 fully saturated rings. The number of hydrogen-bond donors (Lipinski definition) is 1. The SMILES string of the molecule is CC(=O)Nc1cc2c(-c3cc(O[C@@H](C)C4CCOCC4)c4c(n3)C3(CCOC3)OCC4)cn(C)c2cn1. The lowest BCUT2D eigenvalue weighted by Crippen LogP contribution is -2.38. The largest absolute Gasteiger partial charge is 0.490 e. The molecule has 1 N–H and O–H groups in total. The summed E-state index contributed by atoms with van der Waals surface area (Å²) in [7, 11) is 1.99. The first-order chi connectivity index (χ1) is 17.9. The Kier molecular flexibility index (Phi) is 6.38. The van der Waals surface area contributed by atoms with Gasteiger partial charge in [-0.25, -0.2) is 9.97 Å². The summed E-state index contributed by atoms with van der Waals surface area (Å²) in [5, 5.41) is 3.76. The van der Waals surface area contributed by atoms with Crippen LogP contribution in [0.2, 0.25) is 0 Å². The molecule has 3 aromatic heterocycles. The van der Waals surface area contributed by atoms with Gasteiger partial charge in [-0.05, 0) is 31.7 Å². The van der Waals surface area contributed by atoms with Crippen LogP contribution in [0.4, 0.5) is 5.82 Å². The maximum absolute atomic E-state index is 11.7. The van der Waals surface area contributed by atoms with E-state index in [-0.39, 0.29) is 12.0 Å². The van der Waals surface area contributed by atoms with Gasteiger partial charge >= 0.3 is 0 Å². The third-order valence-corrected chi connectivity index (χ3v) is 7.93. The predicted octanol–water partition coefficient (Wildman–Crippen LogP) is 3.98. The van der Waals surface area contributed by atoms with E-state index in [0.29, 0.717) is 31.6 Å². The van der Waals surface area contributed by atoms with Gasteiger partial charge in [-0.2, -0.15) is 0 Å². The lowest BCUT2D eigenvalue weighted by Gasteiger charge is -2.36. The molecule has 1 amide bonds. The zero-order valence-electron chi connectivity index (χ0n) is 21.7. The molecule has 3 aliphatic rings. The Morgan fingerprint density at radius 3 is 2.81 bits per heavy atom. The van der Waals surface area contributed by atoms with E-state index in [2.05, 4.69) is 29.5 Å². The number of aromatic nitrogens is 3. The third kappa shape index (κ3) is 4.49. The molecule has 0 aromatic carbocycles. The minimum absolute atomic E-state index is 0.0601. The van der Waals surface area contributed by atoms with Crippen molar-refractivity contribution in [3.05, 3.63) is 35.8 Å². The molecule has 6 rings (SSSR count). The summed E-state index contributed by atoms with van der Waals surface area (Å²) in [5.41, 5.74) is 4.23. The maximum Gasteiger partial charge on any atom is 0.222 e. The molecule has 3 aromatic rings. The summed E-state index contributed by atoms with van der Waals surface area (Å²) in [5.74, 6) is 1.68. The molecule has 9 heteroatoms. The molecule has 0 bridgehead atoms. The first kappa shape index (κ1) is 24.3. The molecule has 0 saturated carbocycles. The van der Waals surface area contributed by atoms with Crippen molar-refractivity contribution in [2.45, 2.75) is 51.2 Å². The highest BCUT2D eigenvalue weighted by atomic mass is 16.6. The molecule has 3 aliphatic heterocycles. The fourth-order valence-electron chi connectivity index (χ4n) is 5.89. The number of pyridine rings is 2. The summed E-state index contributed by atoms with van der Waals surface area (Å²) in [4.78, 5) is 21.3. The fraction of sp³-hybridized carbons (Fsp3) is 0.536. The van der Waals surface area contributed by atoms with Crippen LogP contribution in [0.5, 0.6) is 5.75 Å². The summed E-state index contributed by atoms with van der Waals surface area (Å²) >= 11 is 0. The summed E-state index contributed by atoms with van der Waals surface area (Å²) in [6.45, 7) is 6.99. The second-order valence-corrected chi connectivity index (χ2v) is 10.4. The molecule has 6 heterocycles. The maximum atomic E-state index is 11.7. The van der Waals surface area contributed by atoms with E-state index in [4.69, 9.17) is 23.9 Å². The van der Waals surface area contributed by atoms with Crippen molar-refractivity contribution in [1.29, 1.82) is 0 Å². The van der Waals surface area contributed by atoms with Gasteiger partial charge in [0.2, 0.25) is 5.91 Å². The number of ether oxygens (including phenoxy) is 4. The molecular formula is C28H34N4O5. The smallest absolute Gasteiger partial charge is 0.222 e. The van der Waals surface area contributed by atoms with E-state index in [9.17, 15) is 4.79 Å². The lowest BCUT2D eigenvalue weighted by molar-refractivity contribution is -0.114. The van der Waals surface area contributed by atoms with Gasteiger partial charge in [-0.1, -0.05) is 0 Å².